The Labute approximate surface area is 168 Å². The Balaban J connectivity index is 1.33. The van der Waals surface area contributed by atoms with E-state index in [-0.39, 0.29) is 6.04 Å². The van der Waals surface area contributed by atoms with Crippen LogP contribution in [0.25, 0.3) is 5.69 Å². The van der Waals surface area contributed by atoms with E-state index in [1.54, 1.807) is 17.2 Å². The molecule has 29 heavy (non-hydrogen) atoms. The van der Waals surface area contributed by atoms with E-state index in [1.807, 2.05) is 12.1 Å². The van der Waals surface area contributed by atoms with Gasteiger partial charge in [0.2, 0.25) is 0 Å². The maximum atomic E-state index is 9.33. The van der Waals surface area contributed by atoms with Crippen LogP contribution in [-0.4, -0.2) is 60.8 Å². The molecule has 0 saturated carbocycles. The Morgan fingerprint density at radius 1 is 1.14 bits per heavy atom. The summed E-state index contributed by atoms with van der Waals surface area (Å²) in [6.45, 7) is 4.55. The Morgan fingerprint density at radius 2 is 2.03 bits per heavy atom. The number of nitriles is 1. The minimum atomic E-state index is 0.179. The quantitative estimate of drug-likeness (QED) is 0.669. The van der Waals surface area contributed by atoms with Crippen molar-refractivity contribution >= 4 is 5.82 Å². The lowest BCUT2D eigenvalue weighted by Gasteiger charge is -2.39. The Bertz CT molecular complexity index is 1070. The molecule has 9 heteroatoms. The lowest BCUT2D eigenvalue weighted by Crippen LogP contribution is -2.51. The molecular formula is C20H21N9. The highest BCUT2D eigenvalue weighted by atomic mass is 15.6. The summed E-state index contributed by atoms with van der Waals surface area (Å²) in [5.74, 6) is 1.46. The maximum absolute atomic E-state index is 9.33. The van der Waals surface area contributed by atoms with Crippen LogP contribution >= 0.6 is 0 Å². The van der Waals surface area contributed by atoms with Gasteiger partial charge in [0.25, 0.3) is 0 Å². The van der Waals surface area contributed by atoms with E-state index in [9.17, 15) is 5.26 Å². The van der Waals surface area contributed by atoms with E-state index in [0.717, 1.165) is 44.0 Å². The summed E-state index contributed by atoms with van der Waals surface area (Å²) in [6.07, 6.45) is 5.27. The van der Waals surface area contributed by atoms with Crippen molar-refractivity contribution in [3.05, 3.63) is 53.7 Å². The van der Waals surface area contributed by atoms with Gasteiger partial charge in [-0.3, -0.25) is 4.90 Å². The molecule has 2 fully saturated rings. The van der Waals surface area contributed by atoms with Crippen molar-refractivity contribution in [3.8, 4) is 11.8 Å². The number of rotatable bonds is 3. The molecule has 0 N–H and O–H groups in total. The van der Waals surface area contributed by atoms with Gasteiger partial charge in [-0.2, -0.15) is 5.26 Å². The van der Waals surface area contributed by atoms with E-state index < -0.39 is 0 Å². The number of anilines is 1. The second-order valence-corrected chi connectivity index (χ2v) is 7.55. The third kappa shape index (κ3) is 3.21. The topological polar surface area (TPSA) is 99.7 Å². The Kier molecular flexibility index (Phi) is 4.41. The fourth-order valence-corrected chi connectivity index (χ4v) is 4.38. The first kappa shape index (κ1) is 17.7. The maximum Gasteiger partial charge on any atom is 0.192 e. The van der Waals surface area contributed by atoms with Crippen molar-refractivity contribution in [2.75, 3.05) is 24.5 Å². The molecule has 2 saturated heterocycles. The molecule has 0 spiro atoms. The van der Waals surface area contributed by atoms with Crippen molar-refractivity contribution in [3.63, 3.8) is 0 Å². The first-order chi connectivity index (χ1) is 14.2. The molecule has 4 heterocycles. The number of hydrogen-bond donors (Lipinski definition) is 0. The first-order valence-electron chi connectivity index (χ1n) is 9.81. The van der Waals surface area contributed by atoms with Crippen LogP contribution in [0.5, 0.6) is 0 Å². The van der Waals surface area contributed by atoms with Crippen LogP contribution in [0.3, 0.4) is 0 Å². The Morgan fingerprint density at radius 3 is 2.90 bits per heavy atom. The SMILES string of the molecule is Cc1cccc(-n2nnc(C3CCC4CN(c5nccnc5C#N)CCN43)n2)c1. The van der Waals surface area contributed by atoms with Crippen LogP contribution in [0.4, 0.5) is 5.82 Å². The van der Waals surface area contributed by atoms with Crippen LogP contribution in [0.15, 0.2) is 36.7 Å². The number of piperazine rings is 1. The fraction of sp³-hybridized carbons (Fsp3) is 0.400. The van der Waals surface area contributed by atoms with E-state index in [1.165, 1.54) is 5.56 Å². The molecule has 5 rings (SSSR count). The van der Waals surface area contributed by atoms with Gasteiger partial charge in [0.15, 0.2) is 17.3 Å². The predicted molar refractivity (Wildman–Crippen MR) is 105 cm³/mol. The molecule has 0 amide bonds. The van der Waals surface area contributed by atoms with E-state index in [4.69, 9.17) is 0 Å². The minimum absolute atomic E-state index is 0.179. The van der Waals surface area contributed by atoms with E-state index in [0.29, 0.717) is 17.6 Å². The van der Waals surface area contributed by atoms with Crippen LogP contribution in [-0.2, 0) is 0 Å². The van der Waals surface area contributed by atoms with Gasteiger partial charge in [0.1, 0.15) is 6.07 Å². The standard InChI is InChI=1S/C20H21N9/c1-14-3-2-4-15(11-14)29-25-19(24-26-29)18-6-5-16-13-27(9-10-28(16)18)20-17(12-21)22-7-8-23-20/h2-4,7-8,11,16,18H,5-6,9-10,13H2,1H3. The molecule has 2 unspecified atom stereocenters. The smallest absolute Gasteiger partial charge is 0.192 e. The molecule has 0 bridgehead atoms. The zero-order valence-corrected chi connectivity index (χ0v) is 16.2. The molecule has 2 aliphatic heterocycles. The number of benzene rings is 1. The van der Waals surface area contributed by atoms with Crippen molar-refractivity contribution in [2.24, 2.45) is 0 Å². The second-order valence-electron chi connectivity index (χ2n) is 7.55. The van der Waals surface area contributed by atoms with Gasteiger partial charge in [-0.25, -0.2) is 9.97 Å². The van der Waals surface area contributed by atoms with Crippen LogP contribution in [0.2, 0.25) is 0 Å². The normalized spacial score (nSPS) is 21.7. The predicted octanol–water partition coefficient (Wildman–Crippen LogP) is 1.66. The molecule has 9 nitrogen and oxygen atoms in total. The van der Waals surface area contributed by atoms with Gasteiger partial charge < -0.3 is 4.90 Å². The summed E-state index contributed by atoms with van der Waals surface area (Å²) in [7, 11) is 0. The monoisotopic (exact) mass is 387 g/mol. The lowest BCUT2D eigenvalue weighted by molar-refractivity contribution is 0.170. The lowest BCUT2D eigenvalue weighted by atomic mass is 10.1. The number of hydrogen-bond acceptors (Lipinski definition) is 8. The molecule has 2 aromatic heterocycles. The zero-order chi connectivity index (χ0) is 19.8. The molecule has 0 radical (unpaired) electrons. The third-order valence-electron chi connectivity index (χ3n) is 5.75. The van der Waals surface area contributed by atoms with Gasteiger partial charge in [0.05, 0.1) is 11.7 Å². The van der Waals surface area contributed by atoms with Crippen molar-refractivity contribution in [2.45, 2.75) is 31.8 Å². The highest BCUT2D eigenvalue weighted by Crippen LogP contribution is 2.37. The minimum Gasteiger partial charge on any atom is -0.351 e. The molecule has 3 aromatic rings. The third-order valence-corrected chi connectivity index (χ3v) is 5.75. The van der Waals surface area contributed by atoms with Gasteiger partial charge in [0, 0.05) is 38.1 Å². The van der Waals surface area contributed by atoms with Crippen LogP contribution < -0.4 is 4.90 Å². The second kappa shape index (κ2) is 7.22. The highest BCUT2D eigenvalue weighted by molar-refractivity contribution is 5.50. The highest BCUT2D eigenvalue weighted by Gasteiger charge is 2.40. The van der Waals surface area contributed by atoms with Crippen molar-refractivity contribution in [1.29, 1.82) is 5.26 Å². The van der Waals surface area contributed by atoms with Gasteiger partial charge >= 0.3 is 0 Å². The van der Waals surface area contributed by atoms with Gasteiger partial charge in [-0.1, -0.05) is 12.1 Å². The van der Waals surface area contributed by atoms with E-state index >= 15 is 0 Å². The van der Waals surface area contributed by atoms with Crippen LogP contribution in [0.1, 0.15) is 36.0 Å². The summed E-state index contributed by atoms with van der Waals surface area (Å²) >= 11 is 0. The number of nitrogens with zero attached hydrogens (tertiary/aromatic N) is 9. The average molecular weight is 387 g/mol. The first-order valence-corrected chi connectivity index (χ1v) is 9.81. The summed E-state index contributed by atoms with van der Waals surface area (Å²) in [5.41, 5.74) is 2.48. The fourth-order valence-electron chi connectivity index (χ4n) is 4.38. The molecule has 2 aliphatic rings. The largest absolute Gasteiger partial charge is 0.351 e. The summed E-state index contributed by atoms with van der Waals surface area (Å²) in [6, 6.07) is 10.8. The molecule has 1 aromatic carbocycles. The molecular weight excluding hydrogens is 366 g/mol. The van der Waals surface area contributed by atoms with Gasteiger partial charge in [-0.15, -0.1) is 15.0 Å². The zero-order valence-electron chi connectivity index (χ0n) is 16.2. The number of tetrazole rings is 1. The molecule has 0 aliphatic carbocycles. The average Bonchev–Trinajstić information content (AvgIpc) is 3.40. The summed E-state index contributed by atoms with van der Waals surface area (Å²) < 4.78 is 0. The van der Waals surface area contributed by atoms with Crippen molar-refractivity contribution < 1.29 is 0 Å². The molecule has 2 atom stereocenters. The van der Waals surface area contributed by atoms with Crippen molar-refractivity contribution in [1.82, 2.24) is 35.1 Å². The Hall–Kier alpha value is -3.38. The van der Waals surface area contributed by atoms with Crippen LogP contribution in [0, 0.1) is 18.3 Å². The number of aryl methyl sites for hydroxylation is 1. The number of fused-ring (bicyclic) bond motifs is 1. The summed E-state index contributed by atoms with van der Waals surface area (Å²) in [4.78, 5) is 14.8. The number of aromatic nitrogens is 6. The molecule has 146 valence electrons. The summed E-state index contributed by atoms with van der Waals surface area (Å²) in [5, 5.41) is 22.6. The van der Waals surface area contributed by atoms with Gasteiger partial charge in [-0.05, 0) is 42.7 Å². The van der Waals surface area contributed by atoms with E-state index in [2.05, 4.69) is 60.3 Å².